The quantitative estimate of drug-likeness (QED) is 0.695. The summed E-state index contributed by atoms with van der Waals surface area (Å²) in [5, 5.41) is 8.35. The lowest BCUT2D eigenvalue weighted by Gasteiger charge is -2.39. The van der Waals surface area contributed by atoms with Gasteiger partial charge in [-0.3, -0.25) is 9.69 Å². The minimum Gasteiger partial charge on any atom is -0.380 e. The fourth-order valence-corrected chi connectivity index (χ4v) is 4.84. The van der Waals surface area contributed by atoms with Gasteiger partial charge in [0.05, 0.1) is 30.5 Å². The second-order valence-corrected chi connectivity index (χ2v) is 9.30. The zero-order valence-corrected chi connectivity index (χ0v) is 19.3. The number of hydrogen-bond donors (Lipinski definition) is 1. The number of allylic oxidation sites excluding steroid dienone is 2. The third-order valence-corrected chi connectivity index (χ3v) is 6.98. The fourth-order valence-electron chi connectivity index (χ4n) is 4.72. The lowest BCUT2D eigenvalue weighted by atomic mass is 10.1. The summed E-state index contributed by atoms with van der Waals surface area (Å²) in [6.07, 6.45) is 7.52. The first-order chi connectivity index (χ1) is 16.7. The van der Waals surface area contributed by atoms with Gasteiger partial charge in [-0.25, -0.2) is 0 Å². The maximum absolute atomic E-state index is 12.6. The van der Waals surface area contributed by atoms with Gasteiger partial charge in [0.15, 0.2) is 0 Å². The summed E-state index contributed by atoms with van der Waals surface area (Å²) in [5.74, 6) is 0.823. The molecule has 0 spiro atoms. The zero-order valence-electron chi connectivity index (χ0n) is 18.6. The molecule has 4 aliphatic heterocycles. The number of piperazine rings is 1. The van der Waals surface area contributed by atoms with Crippen molar-refractivity contribution in [2.75, 3.05) is 45.9 Å². The molecule has 6 rings (SSSR count). The molecule has 1 aromatic carbocycles. The normalized spacial score (nSPS) is 23.0. The van der Waals surface area contributed by atoms with Gasteiger partial charge < -0.3 is 24.4 Å². The lowest BCUT2D eigenvalue weighted by molar-refractivity contribution is -0.151. The number of benzene rings is 1. The van der Waals surface area contributed by atoms with Gasteiger partial charge in [0, 0.05) is 49.5 Å². The predicted octanol–water partition coefficient (Wildman–Crippen LogP) is 2.02. The Morgan fingerprint density at radius 1 is 1.15 bits per heavy atom. The van der Waals surface area contributed by atoms with Crippen LogP contribution in [0.1, 0.15) is 11.4 Å². The minimum atomic E-state index is -0.00203. The van der Waals surface area contributed by atoms with Crippen LogP contribution in [-0.4, -0.2) is 82.9 Å². The highest BCUT2D eigenvalue weighted by atomic mass is 35.5. The summed E-state index contributed by atoms with van der Waals surface area (Å²) in [4.78, 5) is 23.4. The molecule has 1 aromatic heterocycles. The Bertz CT molecular complexity index is 1150. The van der Waals surface area contributed by atoms with E-state index in [2.05, 4.69) is 37.5 Å². The summed E-state index contributed by atoms with van der Waals surface area (Å²) in [7, 11) is 0. The van der Waals surface area contributed by atoms with Gasteiger partial charge in [-0.2, -0.15) is 4.98 Å². The van der Waals surface area contributed by atoms with Crippen LogP contribution in [0, 0.1) is 5.92 Å². The molecule has 0 aliphatic carbocycles. The van der Waals surface area contributed by atoms with Crippen LogP contribution in [0.5, 0.6) is 0 Å². The van der Waals surface area contributed by atoms with E-state index in [-0.39, 0.29) is 18.0 Å². The van der Waals surface area contributed by atoms with Crippen molar-refractivity contribution in [3.8, 4) is 0 Å². The number of ether oxygens (including phenoxy) is 1. The lowest BCUT2D eigenvalue weighted by Crippen LogP contribution is -2.53. The number of amides is 1. The number of carbonyl (C=O) groups excluding carboxylic acids is 1. The van der Waals surface area contributed by atoms with E-state index in [0.29, 0.717) is 24.1 Å². The number of carbonyl (C=O) groups is 1. The summed E-state index contributed by atoms with van der Waals surface area (Å²) < 4.78 is 10.1. The molecule has 4 aliphatic rings. The molecule has 0 bridgehead atoms. The zero-order chi connectivity index (χ0) is 23.1. The number of nitrogens with zero attached hydrogens (tertiary/aromatic N) is 5. The van der Waals surface area contributed by atoms with Crippen LogP contribution < -0.4 is 5.32 Å². The molecule has 2 fully saturated rings. The molecular formula is C24H25ClN6O3. The third kappa shape index (κ3) is 4.00. The van der Waals surface area contributed by atoms with Gasteiger partial charge >= 0.3 is 0 Å². The highest BCUT2D eigenvalue weighted by molar-refractivity contribution is 6.30. The van der Waals surface area contributed by atoms with Crippen LogP contribution in [0.3, 0.4) is 0 Å². The van der Waals surface area contributed by atoms with Gasteiger partial charge in [-0.05, 0) is 29.8 Å². The number of aromatic nitrogens is 2. The fraction of sp³-hybridized carbons (Fsp3) is 0.375. The average Bonchev–Trinajstić information content (AvgIpc) is 3.47. The Morgan fingerprint density at radius 3 is 2.62 bits per heavy atom. The summed E-state index contributed by atoms with van der Waals surface area (Å²) in [6.45, 7) is 4.99. The van der Waals surface area contributed by atoms with Crippen LogP contribution in [-0.2, 0) is 9.53 Å². The maximum Gasteiger partial charge on any atom is 0.230 e. The molecule has 1 amide bonds. The topological polar surface area (TPSA) is 87.0 Å². The van der Waals surface area contributed by atoms with Crippen LogP contribution in [0.25, 0.3) is 11.3 Å². The molecule has 2 aromatic rings. The summed E-state index contributed by atoms with van der Waals surface area (Å²) in [6, 6.07) is 7.89. The van der Waals surface area contributed by atoms with Crippen LogP contribution in [0.4, 0.5) is 0 Å². The molecule has 34 heavy (non-hydrogen) atoms. The molecule has 10 heteroatoms. The van der Waals surface area contributed by atoms with E-state index in [4.69, 9.17) is 20.9 Å². The number of hydrogen-bond acceptors (Lipinski definition) is 8. The van der Waals surface area contributed by atoms with Gasteiger partial charge in [-0.1, -0.05) is 28.9 Å². The molecule has 9 nitrogen and oxygen atoms in total. The van der Waals surface area contributed by atoms with E-state index in [9.17, 15) is 4.79 Å². The Balaban J connectivity index is 1.25. The molecule has 176 valence electrons. The number of halogens is 1. The molecule has 1 atom stereocenters. The van der Waals surface area contributed by atoms with Crippen LogP contribution in [0.15, 0.2) is 59.2 Å². The van der Waals surface area contributed by atoms with Crippen molar-refractivity contribution in [3.63, 3.8) is 0 Å². The van der Waals surface area contributed by atoms with E-state index in [0.717, 1.165) is 55.3 Å². The maximum atomic E-state index is 12.6. The first-order valence-electron chi connectivity index (χ1n) is 11.5. The molecule has 5 heterocycles. The number of rotatable bonds is 5. The summed E-state index contributed by atoms with van der Waals surface area (Å²) >= 11 is 6.15. The van der Waals surface area contributed by atoms with E-state index < -0.39 is 0 Å². The van der Waals surface area contributed by atoms with Crippen molar-refractivity contribution >= 4 is 28.8 Å². The first-order valence-corrected chi connectivity index (χ1v) is 11.8. The van der Waals surface area contributed by atoms with Crippen molar-refractivity contribution in [2.24, 2.45) is 5.92 Å². The molecule has 2 saturated heterocycles. The van der Waals surface area contributed by atoms with Crippen molar-refractivity contribution < 1.29 is 14.1 Å². The Labute approximate surface area is 202 Å². The number of nitrogens with one attached hydrogen (secondary N) is 1. The number of fused-ring (bicyclic) bond motifs is 1. The first kappa shape index (κ1) is 21.4. The standard InChI is InChI=1S/C24H25ClN6O3/c25-19-4-1-16(2-5-19)22-20(12-29-7-9-30(10-8-29)24(32)18-13-33-14-18)31-11-17(3-6-21(31)27-22)23-26-15-34-28-23/h1-6,11,15,18,21,27H,7-10,12-14H2. The Morgan fingerprint density at radius 2 is 1.94 bits per heavy atom. The summed E-state index contributed by atoms with van der Waals surface area (Å²) in [5.41, 5.74) is 4.20. The Hall–Kier alpha value is -3.14. The largest absolute Gasteiger partial charge is 0.380 e. The molecule has 0 radical (unpaired) electrons. The van der Waals surface area contributed by atoms with Gasteiger partial charge in [0.1, 0.15) is 6.17 Å². The highest BCUT2D eigenvalue weighted by Crippen LogP contribution is 2.34. The van der Waals surface area contributed by atoms with Gasteiger partial charge in [-0.15, -0.1) is 0 Å². The second kappa shape index (κ2) is 8.90. The van der Waals surface area contributed by atoms with Crippen LogP contribution >= 0.6 is 11.6 Å². The molecule has 1 unspecified atom stereocenters. The molecule has 1 N–H and O–H groups in total. The van der Waals surface area contributed by atoms with E-state index >= 15 is 0 Å². The average molecular weight is 481 g/mol. The van der Waals surface area contributed by atoms with Crippen LogP contribution in [0.2, 0.25) is 5.02 Å². The van der Waals surface area contributed by atoms with Crippen molar-refractivity contribution in [1.82, 2.24) is 30.2 Å². The van der Waals surface area contributed by atoms with Crippen molar-refractivity contribution in [3.05, 3.63) is 71.1 Å². The monoisotopic (exact) mass is 480 g/mol. The van der Waals surface area contributed by atoms with E-state index in [1.807, 2.05) is 35.2 Å². The molecule has 0 saturated carbocycles. The third-order valence-electron chi connectivity index (χ3n) is 6.73. The second-order valence-electron chi connectivity index (χ2n) is 8.86. The minimum absolute atomic E-state index is 0.00203. The van der Waals surface area contributed by atoms with Crippen molar-refractivity contribution in [1.29, 1.82) is 0 Å². The van der Waals surface area contributed by atoms with E-state index in [1.54, 1.807) is 0 Å². The predicted molar refractivity (Wildman–Crippen MR) is 126 cm³/mol. The van der Waals surface area contributed by atoms with Crippen molar-refractivity contribution in [2.45, 2.75) is 6.17 Å². The van der Waals surface area contributed by atoms with Gasteiger partial charge in [0.2, 0.25) is 18.1 Å². The Kier molecular flexibility index (Phi) is 5.60. The van der Waals surface area contributed by atoms with Gasteiger partial charge in [0.25, 0.3) is 0 Å². The molecular weight excluding hydrogens is 456 g/mol. The van der Waals surface area contributed by atoms with E-state index in [1.165, 1.54) is 6.39 Å². The smallest absolute Gasteiger partial charge is 0.230 e. The SMILES string of the molecule is O=C(C1COC1)N1CCN(CC2=C(c3ccc(Cl)cc3)NC3C=CC(c4ncon4)=CN23)CC1. The highest BCUT2D eigenvalue weighted by Gasteiger charge is 2.35.